The molecule has 6 heteroatoms. The Bertz CT molecular complexity index is 885. The predicted octanol–water partition coefficient (Wildman–Crippen LogP) is 5.21. The first-order valence-corrected chi connectivity index (χ1v) is 9.31. The van der Waals surface area contributed by atoms with Crippen LogP contribution in [0.3, 0.4) is 0 Å². The summed E-state index contributed by atoms with van der Waals surface area (Å²) in [4.78, 5) is 16.4. The molecule has 0 unspecified atom stereocenters. The number of nitrogens with zero attached hydrogens (tertiary/aromatic N) is 2. The van der Waals surface area contributed by atoms with E-state index in [4.69, 9.17) is 11.6 Å². The van der Waals surface area contributed by atoms with Crippen molar-refractivity contribution in [1.82, 2.24) is 9.55 Å². The summed E-state index contributed by atoms with van der Waals surface area (Å²) in [6.45, 7) is 4.71. The minimum atomic E-state index is -0.942. The largest absolute Gasteiger partial charge is 0.477 e. The van der Waals surface area contributed by atoms with Crippen LogP contribution in [-0.4, -0.2) is 20.6 Å². The average molecular weight is 375 g/mol. The van der Waals surface area contributed by atoms with Crippen LogP contribution in [0.15, 0.2) is 42.0 Å². The molecule has 0 amide bonds. The Hall–Kier alpha value is -2.11. The van der Waals surface area contributed by atoms with Gasteiger partial charge in [0.15, 0.2) is 0 Å². The maximum Gasteiger partial charge on any atom is 0.353 e. The molecule has 1 aromatic carbocycles. The zero-order valence-corrected chi connectivity index (χ0v) is 15.6. The normalized spacial score (nSPS) is 11.2. The average Bonchev–Trinajstić information content (AvgIpc) is 3.14. The number of benzene rings is 1. The van der Waals surface area contributed by atoms with Gasteiger partial charge in [-0.05, 0) is 35.6 Å². The van der Waals surface area contributed by atoms with Gasteiger partial charge >= 0.3 is 5.97 Å². The fourth-order valence-corrected chi connectivity index (χ4v) is 3.91. The van der Waals surface area contributed by atoms with Crippen LogP contribution in [0.5, 0.6) is 0 Å². The van der Waals surface area contributed by atoms with Gasteiger partial charge in [-0.2, -0.15) is 0 Å². The van der Waals surface area contributed by atoms with Crippen molar-refractivity contribution in [2.75, 3.05) is 0 Å². The molecule has 25 heavy (non-hydrogen) atoms. The van der Waals surface area contributed by atoms with Crippen LogP contribution in [0, 0.1) is 5.92 Å². The number of hydrogen-bond acceptors (Lipinski definition) is 3. The fourth-order valence-electron chi connectivity index (χ4n) is 2.98. The second-order valence-electron chi connectivity index (χ2n) is 6.38. The van der Waals surface area contributed by atoms with Crippen molar-refractivity contribution < 1.29 is 9.90 Å². The Labute approximate surface area is 155 Å². The summed E-state index contributed by atoms with van der Waals surface area (Å²) >= 11 is 7.53. The Morgan fingerprint density at radius 3 is 2.80 bits per heavy atom. The Kier molecular flexibility index (Phi) is 5.25. The molecular weight excluding hydrogens is 356 g/mol. The second-order valence-corrected chi connectivity index (χ2v) is 7.71. The molecule has 0 fully saturated rings. The van der Waals surface area contributed by atoms with Gasteiger partial charge in [0.1, 0.15) is 10.7 Å². The van der Waals surface area contributed by atoms with Crippen LogP contribution in [0.4, 0.5) is 0 Å². The lowest BCUT2D eigenvalue weighted by Crippen LogP contribution is -2.10. The topological polar surface area (TPSA) is 55.1 Å². The molecule has 0 aliphatic rings. The van der Waals surface area contributed by atoms with E-state index in [9.17, 15) is 9.90 Å². The molecule has 1 N–H and O–H groups in total. The molecule has 130 valence electrons. The zero-order valence-electron chi connectivity index (χ0n) is 14.1. The summed E-state index contributed by atoms with van der Waals surface area (Å²) < 4.78 is 1.79. The molecule has 0 saturated carbocycles. The molecule has 0 spiro atoms. The summed E-state index contributed by atoms with van der Waals surface area (Å²) in [7, 11) is 0. The van der Waals surface area contributed by atoms with E-state index >= 15 is 0 Å². The lowest BCUT2D eigenvalue weighted by molar-refractivity contribution is 0.0686. The Morgan fingerprint density at radius 2 is 2.20 bits per heavy atom. The van der Waals surface area contributed by atoms with Crippen LogP contribution in [0.25, 0.3) is 10.6 Å². The summed E-state index contributed by atoms with van der Waals surface area (Å²) in [6.07, 6.45) is 4.46. The van der Waals surface area contributed by atoms with Crippen LogP contribution in [-0.2, 0) is 13.0 Å². The highest BCUT2D eigenvalue weighted by Gasteiger charge is 2.24. The molecular formula is C19H19ClN2O2S. The predicted molar refractivity (Wildman–Crippen MR) is 102 cm³/mol. The standard InChI is InChI=1S/C19H19ClN2O2S/c1-12(2)8-14-11-22(10-13-4-3-5-15(20)9-13)17(19(23)24)16(14)18-21-6-7-25-18/h3-7,9,11-12H,8,10H2,1-2H3,(H,23,24). The minimum Gasteiger partial charge on any atom is -0.477 e. The summed E-state index contributed by atoms with van der Waals surface area (Å²) in [6, 6.07) is 7.49. The van der Waals surface area contributed by atoms with Gasteiger partial charge in [-0.15, -0.1) is 11.3 Å². The highest BCUT2D eigenvalue weighted by molar-refractivity contribution is 7.13. The fraction of sp³-hybridized carbons (Fsp3) is 0.263. The number of thiazole rings is 1. The van der Waals surface area contributed by atoms with Gasteiger partial charge in [-0.1, -0.05) is 37.6 Å². The van der Waals surface area contributed by atoms with Gasteiger partial charge in [0.05, 0.1) is 0 Å². The van der Waals surface area contributed by atoms with E-state index in [1.54, 1.807) is 10.8 Å². The number of carbonyl (C=O) groups is 1. The Balaban J connectivity index is 2.13. The Morgan fingerprint density at radius 1 is 1.40 bits per heavy atom. The zero-order chi connectivity index (χ0) is 18.0. The van der Waals surface area contributed by atoms with Crippen molar-refractivity contribution in [3.8, 4) is 10.6 Å². The summed E-state index contributed by atoms with van der Waals surface area (Å²) in [5.74, 6) is -0.524. The first-order valence-electron chi connectivity index (χ1n) is 8.05. The van der Waals surface area contributed by atoms with Crippen molar-refractivity contribution in [1.29, 1.82) is 0 Å². The summed E-state index contributed by atoms with van der Waals surface area (Å²) in [5.41, 5.74) is 3.00. The molecule has 0 radical (unpaired) electrons. The van der Waals surface area contributed by atoms with E-state index < -0.39 is 5.97 Å². The number of aromatic nitrogens is 2. The van der Waals surface area contributed by atoms with E-state index in [0.29, 0.717) is 17.5 Å². The van der Waals surface area contributed by atoms with E-state index in [2.05, 4.69) is 18.8 Å². The smallest absolute Gasteiger partial charge is 0.353 e. The van der Waals surface area contributed by atoms with E-state index in [1.165, 1.54) is 11.3 Å². The van der Waals surface area contributed by atoms with Crippen LogP contribution < -0.4 is 0 Å². The molecule has 0 saturated heterocycles. The lowest BCUT2D eigenvalue weighted by atomic mass is 10.0. The highest BCUT2D eigenvalue weighted by atomic mass is 35.5. The molecule has 3 rings (SSSR count). The van der Waals surface area contributed by atoms with Gasteiger partial charge in [-0.25, -0.2) is 9.78 Å². The van der Waals surface area contributed by atoms with Crippen molar-refractivity contribution in [2.24, 2.45) is 5.92 Å². The third-order valence-electron chi connectivity index (χ3n) is 3.88. The molecule has 0 aliphatic heterocycles. The highest BCUT2D eigenvalue weighted by Crippen LogP contribution is 2.33. The van der Waals surface area contributed by atoms with Gasteiger partial charge < -0.3 is 9.67 Å². The SMILES string of the molecule is CC(C)Cc1cn(Cc2cccc(Cl)c2)c(C(=O)O)c1-c1nccs1. The monoisotopic (exact) mass is 374 g/mol. The van der Waals surface area contributed by atoms with Gasteiger partial charge in [0, 0.05) is 34.9 Å². The number of aromatic carboxylic acids is 1. The third kappa shape index (κ3) is 3.94. The number of carboxylic acid groups (broad SMARTS) is 1. The first-order chi connectivity index (χ1) is 12.0. The number of rotatable bonds is 6. The van der Waals surface area contributed by atoms with Gasteiger partial charge in [-0.3, -0.25) is 0 Å². The number of hydrogen-bond donors (Lipinski definition) is 1. The maximum atomic E-state index is 12.0. The third-order valence-corrected chi connectivity index (χ3v) is 4.90. The lowest BCUT2D eigenvalue weighted by Gasteiger charge is -2.08. The van der Waals surface area contributed by atoms with Gasteiger partial charge in [0.25, 0.3) is 0 Å². The number of carboxylic acids is 1. The molecule has 4 nitrogen and oxygen atoms in total. The van der Waals surface area contributed by atoms with Crippen molar-refractivity contribution in [2.45, 2.75) is 26.8 Å². The van der Waals surface area contributed by atoms with Gasteiger partial charge in [0.2, 0.25) is 0 Å². The van der Waals surface area contributed by atoms with Crippen molar-refractivity contribution >= 4 is 28.9 Å². The minimum absolute atomic E-state index is 0.283. The molecule has 0 bridgehead atoms. The molecule has 2 heterocycles. The summed E-state index contributed by atoms with van der Waals surface area (Å²) in [5, 5.41) is 13.1. The molecule has 2 aromatic heterocycles. The van der Waals surface area contributed by atoms with E-state index in [1.807, 2.05) is 35.8 Å². The van der Waals surface area contributed by atoms with E-state index in [0.717, 1.165) is 28.1 Å². The first kappa shape index (κ1) is 17.7. The molecule has 3 aromatic rings. The quantitative estimate of drug-likeness (QED) is 0.644. The number of halogens is 1. The maximum absolute atomic E-state index is 12.0. The molecule has 0 atom stereocenters. The van der Waals surface area contributed by atoms with Crippen LogP contribution in [0.1, 0.15) is 35.5 Å². The van der Waals surface area contributed by atoms with Crippen LogP contribution in [0.2, 0.25) is 5.02 Å². The second kappa shape index (κ2) is 7.42. The molecule has 0 aliphatic carbocycles. The van der Waals surface area contributed by atoms with E-state index in [-0.39, 0.29) is 5.69 Å². The van der Waals surface area contributed by atoms with Crippen LogP contribution >= 0.6 is 22.9 Å². The van der Waals surface area contributed by atoms with Crippen molar-refractivity contribution in [3.05, 3.63) is 63.9 Å². The van der Waals surface area contributed by atoms with Crippen molar-refractivity contribution in [3.63, 3.8) is 0 Å².